The first-order valence-corrected chi connectivity index (χ1v) is 32.4. The Balaban J connectivity index is 0.973. The number of rotatable bonds is 16. The van der Waals surface area contributed by atoms with Gasteiger partial charge in [0.1, 0.15) is 79.4 Å². The van der Waals surface area contributed by atoms with Crippen LogP contribution in [-0.4, -0.2) is 261 Å². The Morgan fingerprint density at radius 2 is 1.25 bits per heavy atom. The molecule has 0 aromatic rings. The van der Waals surface area contributed by atoms with E-state index in [0.29, 0.717) is 56.9 Å². The van der Waals surface area contributed by atoms with Crippen LogP contribution in [0.2, 0.25) is 0 Å². The number of carbonyl (C=O) groups is 3. The molecule has 520 valence electrons. The van der Waals surface area contributed by atoms with Crippen LogP contribution in [0.4, 0.5) is 0 Å². The summed E-state index contributed by atoms with van der Waals surface area (Å²) in [5.74, 6) is -4.77. The van der Waals surface area contributed by atoms with Gasteiger partial charge in [0.15, 0.2) is 43.7 Å². The van der Waals surface area contributed by atoms with Gasteiger partial charge in [0, 0.05) is 41.3 Å². The van der Waals surface area contributed by atoms with E-state index in [1.165, 1.54) is 0 Å². The van der Waals surface area contributed by atoms with Crippen LogP contribution < -0.4 is 0 Å². The van der Waals surface area contributed by atoms with Crippen molar-refractivity contribution in [3.63, 3.8) is 0 Å². The van der Waals surface area contributed by atoms with E-state index in [1.54, 1.807) is 19.9 Å². The minimum atomic E-state index is -2.28. The average molecular weight is 1310 g/mol. The molecular formula is C63H100O28. The maximum atomic E-state index is 13.7. The molecule has 28 heteroatoms. The van der Waals surface area contributed by atoms with Crippen LogP contribution in [0.3, 0.4) is 0 Å². The second-order valence-electron chi connectivity index (χ2n) is 30.0. The first-order chi connectivity index (χ1) is 42.5. The summed E-state index contributed by atoms with van der Waals surface area (Å²) in [4.78, 5) is 40.7. The Hall–Kier alpha value is -2.73. The zero-order chi connectivity index (χ0) is 66.9. The number of aliphatic hydroxyl groups excluding tert-OH is 14. The molecule has 10 fully saturated rings. The number of carboxylic acids is 1. The Morgan fingerprint density at radius 3 is 1.89 bits per heavy atom. The maximum absolute atomic E-state index is 13.7. The van der Waals surface area contributed by atoms with Gasteiger partial charge in [0.2, 0.25) is 0 Å². The molecule has 91 heavy (non-hydrogen) atoms. The molecule has 6 aliphatic carbocycles. The number of hydrogen-bond donors (Lipinski definition) is 15. The summed E-state index contributed by atoms with van der Waals surface area (Å²) in [6, 6.07) is 0. The average Bonchev–Trinajstić information content (AvgIpc) is 1.56. The lowest BCUT2D eigenvalue weighted by Crippen LogP contribution is -2.77. The molecule has 1 spiro atoms. The molecule has 10 rings (SSSR count). The summed E-state index contributed by atoms with van der Waals surface area (Å²) in [5.41, 5.74) is -5.88. The summed E-state index contributed by atoms with van der Waals surface area (Å²) < 4.78 is 63.0. The highest BCUT2D eigenvalue weighted by atomic mass is 16.8. The Morgan fingerprint density at radius 1 is 0.604 bits per heavy atom. The fourth-order valence-corrected chi connectivity index (χ4v) is 19.5. The van der Waals surface area contributed by atoms with Crippen molar-refractivity contribution >= 4 is 17.9 Å². The standard InChI is InChI=1S/C63H100O28/c1-11-13-34(67)85-49-48(89-51(79)25(3)12-2)57(4,5)21-31-62-19-15-30-59(8)17-16-33(58(6,7)29(59)14-18-60(30,9)61(62,10)22-32(66)63(31,49)56(81)91-62)84-55-47(82-27-20-26(23-64)35(68)38(71)36(27)69)44(43(76)45(87-55)50(77)78)86-54-46(40(73)37(70)28(24-65)83-54)88-53-42(75)39(72)41(74)52(80)90-53/h12,26-33,35-49,52-56,64-66,68-76,80-81H,11,13-24H2,1-10H3,(H,77,78). The van der Waals surface area contributed by atoms with Crippen LogP contribution in [0.1, 0.15) is 140 Å². The normalized spacial score (nSPS) is 52.6. The van der Waals surface area contributed by atoms with Crippen molar-refractivity contribution in [3.8, 4) is 0 Å². The number of allylic oxidation sites excluding steroid dienone is 1. The number of carboxylic acid groups (broad SMARTS) is 1. The predicted molar refractivity (Wildman–Crippen MR) is 307 cm³/mol. The molecule has 4 saturated heterocycles. The molecule has 33 unspecified atom stereocenters. The fourth-order valence-electron chi connectivity index (χ4n) is 19.5. The molecule has 28 nitrogen and oxygen atoms in total. The summed E-state index contributed by atoms with van der Waals surface area (Å²) in [5, 5.41) is 168. The zero-order valence-electron chi connectivity index (χ0n) is 53.5. The van der Waals surface area contributed by atoms with E-state index in [0.717, 1.165) is 0 Å². The quantitative estimate of drug-likeness (QED) is 0.0475. The highest BCUT2D eigenvalue weighted by Crippen LogP contribution is 2.82. The summed E-state index contributed by atoms with van der Waals surface area (Å²) in [6.45, 7) is 18.1. The minimum Gasteiger partial charge on any atom is -0.479 e. The third-order valence-corrected chi connectivity index (χ3v) is 24.7. The fraction of sp³-hybridized carbons (Fsp3) is 0.921. The topological polar surface area (TPSA) is 447 Å². The molecule has 0 aromatic heterocycles. The van der Waals surface area contributed by atoms with Crippen LogP contribution in [0, 0.1) is 56.2 Å². The number of aliphatic carboxylic acids is 1. The van der Waals surface area contributed by atoms with Gasteiger partial charge < -0.3 is 124 Å². The van der Waals surface area contributed by atoms with Crippen molar-refractivity contribution in [3.05, 3.63) is 11.6 Å². The minimum absolute atomic E-state index is 0.0514. The second-order valence-corrected chi connectivity index (χ2v) is 30.0. The van der Waals surface area contributed by atoms with Crippen molar-refractivity contribution in [2.24, 2.45) is 56.2 Å². The van der Waals surface area contributed by atoms with Crippen LogP contribution in [0.15, 0.2) is 11.6 Å². The van der Waals surface area contributed by atoms with Gasteiger partial charge in [0.25, 0.3) is 0 Å². The van der Waals surface area contributed by atoms with E-state index in [4.69, 9.17) is 47.4 Å². The third kappa shape index (κ3) is 11.1. The monoisotopic (exact) mass is 1300 g/mol. The van der Waals surface area contributed by atoms with Gasteiger partial charge in [-0.2, -0.15) is 0 Å². The number of fused-ring (bicyclic) bond motifs is 4. The Bertz CT molecular complexity index is 2660. The first kappa shape index (κ1) is 71.1. The van der Waals surface area contributed by atoms with Crippen LogP contribution in [0.5, 0.6) is 0 Å². The molecule has 0 amide bonds. The summed E-state index contributed by atoms with van der Waals surface area (Å²) >= 11 is 0. The highest BCUT2D eigenvalue weighted by Gasteiger charge is 2.86. The number of ether oxygens (including phenoxy) is 10. The van der Waals surface area contributed by atoms with Crippen molar-refractivity contribution in [2.75, 3.05) is 13.2 Å². The Labute approximate surface area is 528 Å². The molecule has 6 saturated carbocycles. The van der Waals surface area contributed by atoms with Gasteiger partial charge in [0.05, 0.1) is 42.0 Å². The third-order valence-electron chi connectivity index (χ3n) is 24.7. The molecule has 4 heterocycles. The molecule has 10 aliphatic rings. The van der Waals surface area contributed by atoms with Crippen molar-refractivity contribution in [1.82, 2.24) is 0 Å². The van der Waals surface area contributed by atoms with Crippen LogP contribution in [0.25, 0.3) is 0 Å². The van der Waals surface area contributed by atoms with Gasteiger partial charge in [-0.3, -0.25) is 4.79 Å². The van der Waals surface area contributed by atoms with Gasteiger partial charge >= 0.3 is 17.9 Å². The lowest BCUT2D eigenvalue weighted by atomic mass is 9.30. The molecule has 0 aromatic carbocycles. The summed E-state index contributed by atoms with van der Waals surface area (Å²) in [7, 11) is 0. The largest absolute Gasteiger partial charge is 0.479 e. The summed E-state index contributed by atoms with van der Waals surface area (Å²) in [6.07, 6.45) is -38.5. The SMILES string of the molecule is CC=C(C)C(=O)OC1C(OC(=O)CCC)C23C(O)CC4(C)C5(C)CCC6C(C)(C)C(OC7OC(C(=O)O)C(O)C(OC8OC(CO)C(O)C(O)C8OC8OC(O)C(O)C(O)C8O)C7OC7CC(CO)C(O)C(O)C7O)CCC6(C)C5CCC4(OC2O)C3CC1(C)C. The van der Waals surface area contributed by atoms with E-state index in [-0.39, 0.29) is 31.1 Å². The van der Waals surface area contributed by atoms with Gasteiger partial charge in [-0.1, -0.05) is 61.5 Å². The number of esters is 2. The molecule has 15 N–H and O–H groups in total. The second kappa shape index (κ2) is 25.6. The van der Waals surface area contributed by atoms with Crippen LogP contribution in [-0.2, 0) is 61.8 Å². The smallest absolute Gasteiger partial charge is 0.335 e. The van der Waals surface area contributed by atoms with E-state index in [9.17, 15) is 91.0 Å². The number of hydrogen-bond acceptors (Lipinski definition) is 27. The van der Waals surface area contributed by atoms with Gasteiger partial charge in [-0.15, -0.1) is 0 Å². The molecule has 4 aliphatic heterocycles. The molecule has 33 atom stereocenters. The van der Waals surface area contributed by atoms with Crippen molar-refractivity contribution in [1.29, 1.82) is 0 Å². The van der Waals surface area contributed by atoms with E-state index in [2.05, 4.69) is 20.8 Å². The van der Waals surface area contributed by atoms with Crippen molar-refractivity contribution in [2.45, 2.75) is 293 Å². The first-order valence-electron chi connectivity index (χ1n) is 32.4. The van der Waals surface area contributed by atoms with E-state index >= 15 is 0 Å². The van der Waals surface area contributed by atoms with Crippen LogP contribution >= 0.6 is 0 Å². The zero-order valence-corrected chi connectivity index (χ0v) is 53.5. The van der Waals surface area contributed by atoms with E-state index < -0.39 is 228 Å². The molecule has 2 bridgehead atoms. The lowest BCUT2D eigenvalue weighted by molar-refractivity contribution is -0.404. The number of aliphatic hydroxyl groups is 14. The highest BCUT2D eigenvalue weighted by molar-refractivity contribution is 5.87. The number of carbonyl (C=O) groups excluding carboxylic acids is 2. The van der Waals surface area contributed by atoms with E-state index in [1.807, 2.05) is 34.6 Å². The predicted octanol–water partition coefficient (Wildman–Crippen LogP) is -1.51. The Kier molecular flexibility index (Phi) is 20.0. The van der Waals surface area contributed by atoms with Crippen molar-refractivity contribution < 1.29 is 138 Å². The van der Waals surface area contributed by atoms with Gasteiger partial charge in [-0.25, -0.2) is 9.59 Å². The molecular weight excluding hydrogens is 1200 g/mol. The lowest BCUT2D eigenvalue weighted by Gasteiger charge is -2.75. The maximum Gasteiger partial charge on any atom is 0.335 e. The van der Waals surface area contributed by atoms with Gasteiger partial charge in [-0.05, 0) is 106 Å². The molecule has 0 radical (unpaired) electrons.